The summed E-state index contributed by atoms with van der Waals surface area (Å²) in [6, 6.07) is 6.55. The van der Waals surface area contributed by atoms with Gasteiger partial charge in [0.25, 0.3) is 0 Å². The lowest BCUT2D eigenvalue weighted by molar-refractivity contribution is 0.118. The number of ether oxygens (including phenoxy) is 1. The fraction of sp³-hybridized carbons (Fsp3) is 0.500. The second-order valence-corrected chi connectivity index (χ2v) is 4.88. The van der Waals surface area contributed by atoms with E-state index in [1.165, 1.54) is 11.4 Å². The predicted molar refractivity (Wildman–Crippen MR) is 66.5 cm³/mol. The van der Waals surface area contributed by atoms with Crippen molar-refractivity contribution < 1.29 is 4.74 Å². The molecule has 0 aromatic heterocycles. The fourth-order valence-corrected chi connectivity index (χ4v) is 2.82. The zero-order valence-corrected chi connectivity index (χ0v) is 10.00. The van der Waals surface area contributed by atoms with Crippen LogP contribution in [-0.2, 0) is 4.74 Å². The van der Waals surface area contributed by atoms with E-state index in [4.69, 9.17) is 16.3 Å². The van der Waals surface area contributed by atoms with E-state index in [0.29, 0.717) is 12.1 Å². The van der Waals surface area contributed by atoms with E-state index in [0.717, 1.165) is 24.5 Å². The second-order valence-electron chi connectivity index (χ2n) is 4.44. The van der Waals surface area contributed by atoms with Crippen LogP contribution in [0.25, 0.3) is 0 Å². The van der Waals surface area contributed by atoms with Gasteiger partial charge in [0.15, 0.2) is 0 Å². The molecular formula is C12H15ClN2O. The lowest BCUT2D eigenvalue weighted by Gasteiger charge is -2.34. The Bertz CT molecular complexity index is 410. The van der Waals surface area contributed by atoms with Crippen LogP contribution in [0.3, 0.4) is 0 Å². The third-order valence-corrected chi connectivity index (χ3v) is 3.74. The summed E-state index contributed by atoms with van der Waals surface area (Å²) in [4.78, 5) is 2.41. The van der Waals surface area contributed by atoms with Gasteiger partial charge >= 0.3 is 0 Å². The molecule has 1 fully saturated rings. The Labute approximate surface area is 100 Å². The number of anilines is 2. The topological polar surface area (TPSA) is 24.5 Å². The molecule has 2 atom stereocenters. The van der Waals surface area contributed by atoms with Crippen LogP contribution in [0, 0.1) is 0 Å². The first-order chi connectivity index (χ1) is 7.78. The zero-order valence-electron chi connectivity index (χ0n) is 9.24. The molecule has 16 heavy (non-hydrogen) atoms. The van der Waals surface area contributed by atoms with Crippen LogP contribution in [0.15, 0.2) is 18.2 Å². The molecule has 1 aromatic rings. The minimum absolute atomic E-state index is 0.344. The van der Waals surface area contributed by atoms with Crippen LogP contribution in [-0.4, -0.2) is 32.3 Å². The van der Waals surface area contributed by atoms with Gasteiger partial charge in [-0.15, -0.1) is 0 Å². The van der Waals surface area contributed by atoms with Crippen LogP contribution in [0.5, 0.6) is 0 Å². The van der Waals surface area contributed by atoms with E-state index < -0.39 is 0 Å². The predicted octanol–water partition coefficient (Wildman–Crippen LogP) is 2.36. The maximum absolute atomic E-state index is 6.05. The average molecular weight is 239 g/mol. The number of rotatable bonds is 1. The fourth-order valence-electron chi connectivity index (χ4n) is 2.65. The molecule has 4 heteroatoms. The third-order valence-electron chi connectivity index (χ3n) is 3.51. The van der Waals surface area contributed by atoms with Crippen LogP contribution < -0.4 is 10.2 Å². The molecule has 3 nitrogen and oxygen atoms in total. The van der Waals surface area contributed by atoms with Gasteiger partial charge in [0.1, 0.15) is 0 Å². The number of benzene rings is 1. The molecule has 0 aliphatic carbocycles. The van der Waals surface area contributed by atoms with Gasteiger partial charge in [-0.25, -0.2) is 0 Å². The summed E-state index contributed by atoms with van der Waals surface area (Å²) in [5.41, 5.74) is 2.39. The maximum atomic E-state index is 6.05. The summed E-state index contributed by atoms with van der Waals surface area (Å²) in [6.07, 6.45) is 1.44. The molecule has 1 saturated heterocycles. The minimum Gasteiger partial charge on any atom is -0.381 e. The Kier molecular flexibility index (Phi) is 2.45. The Balaban J connectivity index is 1.96. The summed E-state index contributed by atoms with van der Waals surface area (Å²) in [5, 5.41) is 4.24. The summed E-state index contributed by atoms with van der Waals surface area (Å²) in [7, 11) is 1.79. The SMILES string of the molecule is COC1CC2CNc3ccc(Cl)cc3N2C1. The first-order valence-electron chi connectivity index (χ1n) is 5.61. The normalized spacial score (nSPS) is 27.2. The minimum atomic E-state index is 0.344. The smallest absolute Gasteiger partial charge is 0.0766 e. The van der Waals surface area contributed by atoms with E-state index in [1.54, 1.807) is 7.11 Å². The first kappa shape index (κ1) is 10.2. The van der Waals surface area contributed by atoms with Crippen molar-refractivity contribution in [3.63, 3.8) is 0 Å². The number of methoxy groups -OCH3 is 1. The molecule has 0 bridgehead atoms. The largest absolute Gasteiger partial charge is 0.381 e. The van der Waals surface area contributed by atoms with Crippen LogP contribution >= 0.6 is 11.6 Å². The molecule has 0 amide bonds. The number of hydrogen-bond donors (Lipinski definition) is 1. The molecule has 1 aromatic carbocycles. The Morgan fingerprint density at radius 3 is 3.19 bits per heavy atom. The van der Waals surface area contributed by atoms with Gasteiger partial charge in [-0.1, -0.05) is 11.6 Å². The molecule has 0 spiro atoms. The summed E-state index contributed by atoms with van der Waals surface area (Å²) in [5.74, 6) is 0. The zero-order chi connectivity index (χ0) is 11.1. The standard InChI is InChI=1S/C12H15ClN2O/c1-16-10-5-9-6-14-11-3-2-8(13)4-12(11)15(9)7-10/h2-4,9-10,14H,5-7H2,1H3. The molecule has 1 N–H and O–H groups in total. The molecule has 2 aliphatic rings. The van der Waals surface area contributed by atoms with E-state index in [1.807, 2.05) is 18.2 Å². The Morgan fingerprint density at radius 2 is 2.38 bits per heavy atom. The molecule has 86 valence electrons. The molecule has 2 unspecified atom stereocenters. The quantitative estimate of drug-likeness (QED) is 0.813. The first-order valence-corrected chi connectivity index (χ1v) is 5.98. The van der Waals surface area contributed by atoms with Crippen LogP contribution in [0.2, 0.25) is 5.02 Å². The highest BCUT2D eigenvalue weighted by Crippen LogP contribution is 2.38. The lowest BCUT2D eigenvalue weighted by atomic mass is 10.1. The molecule has 3 rings (SSSR count). The van der Waals surface area contributed by atoms with E-state index in [9.17, 15) is 0 Å². The summed E-state index contributed by atoms with van der Waals surface area (Å²) in [6.45, 7) is 1.96. The molecule has 2 heterocycles. The average Bonchev–Trinajstić information content (AvgIpc) is 2.72. The highest BCUT2D eigenvalue weighted by Gasteiger charge is 2.35. The highest BCUT2D eigenvalue weighted by molar-refractivity contribution is 6.31. The number of fused-ring (bicyclic) bond motifs is 3. The Morgan fingerprint density at radius 1 is 1.50 bits per heavy atom. The maximum Gasteiger partial charge on any atom is 0.0766 e. The van der Waals surface area contributed by atoms with Crippen molar-refractivity contribution in [1.29, 1.82) is 0 Å². The van der Waals surface area contributed by atoms with Gasteiger partial charge in [0.05, 0.1) is 17.5 Å². The van der Waals surface area contributed by atoms with E-state index >= 15 is 0 Å². The van der Waals surface area contributed by atoms with Gasteiger partial charge in [0, 0.05) is 31.3 Å². The number of nitrogens with zero attached hydrogens (tertiary/aromatic N) is 1. The van der Waals surface area contributed by atoms with Crippen molar-refractivity contribution in [3.05, 3.63) is 23.2 Å². The summed E-state index contributed by atoms with van der Waals surface area (Å²) >= 11 is 6.05. The number of nitrogens with one attached hydrogen (secondary N) is 1. The van der Waals surface area contributed by atoms with Crippen molar-refractivity contribution in [2.24, 2.45) is 0 Å². The van der Waals surface area contributed by atoms with Crippen molar-refractivity contribution in [3.8, 4) is 0 Å². The highest BCUT2D eigenvalue weighted by atomic mass is 35.5. The van der Waals surface area contributed by atoms with Gasteiger partial charge < -0.3 is 15.0 Å². The van der Waals surface area contributed by atoms with Gasteiger partial charge in [0.2, 0.25) is 0 Å². The van der Waals surface area contributed by atoms with Crippen molar-refractivity contribution >= 4 is 23.0 Å². The third kappa shape index (κ3) is 1.55. The van der Waals surface area contributed by atoms with Crippen molar-refractivity contribution in [1.82, 2.24) is 0 Å². The van der Waals surface area contributed by atoms with Crippen LogP contribution in [0.4, 0.5) is 11.4 Å². The van der Waals surface area contributed by atoms with Crippen molar-refractivity contribution in [2.45, 2.75) is 18.6 Å². The molecule has 0 saturated carbocycles. The van der Waals surface area contributed by atoms with Gasteiger partial charge in [-0.05, 0) is 24.6 Å². The van der Waals surface area contributed by atoms with Gasteiger partial charge in [-0.2, -0.15) is 0 Å². The van der Waals surface area contributed by atoms with Crippen LogP contribution in [0.1, 0.15) is 6.42 Å². The lowest BCUT2D eigenvalue weighted by Crippen LogP contribution is -2.39. The Hall–Kier alpha value is -0.930. The van der Waals surface area contributed by atoms with E-state index in [-0.39, 0.29) is 0 Å². The van der Waals surface area contributed by atoms with E-state index in [2.05, 4.69) is 10.2 Å². The number of hydrogen-bond acceptors (Lipinski definition) is 3. The molecule has 0 radical (unpaired) electrons. The molecular weight excluding hydrogens is 224 g/mol. The molecule has 2 aliphatic heterocycles. The summed E-state index contributed by atoms with van der Waals surface area (Å²) < 4.78 is 5.45. The second kappa shape index (κ2) is 3.82. The number of halogens is 1. The monoisotopic (exact) mass is 238 g/mol. The van der Waals surface area contributed by atoms with Gasteiger partial charge in [-0.3, -0.25) is 0 Å². The van der Waals surface area contributed by atoms with Crippen molar-refractivity contribution in [2.75, 3.05) is 30.4 Å².